The van der Waals surface area contributed by atoms with Gasteiger partial charge in [0.1, 0.15) is 0 Å². The van der Waals surface area contributed by atoms with Gasteiger partial charge in [-0.3, -0.25) is 4.90 Å². The van der Waals surface area contributed by atoms with Crippen molar-refractivity contribution in [3.05, 3.63) is 71.3 Å². The molecule has 0 saturated carbocycles. The van der Waals surface area contributed by atoms with Crippen LogP contribution < -0.4 is 5.32 Å². The zero-order chi connectivity index (χ0) is 17.0. The van der Waals surface area contributed by atoms with Crippen molar-refractivity contribution in [3.8, 4) is 0 Å². The van der Waals surface area contributed by atoms with E-state index in [1.807, 2.05) is 30.3 Å². The molecule has 2 aromatic carbocycles. The number of hydrogen-bond donors (Lipinski definition) is 1. The molecule has 128 valence electrons. The third kappa shape index (κ3) is 4.16. The van der Waals surface area contributed by atoms with Crippen molar-refractivity contribution in [3.63, 3.8) is 0 Å². The van der Waals surface area contributed by atoms with E-state index in [-0.39, 0.29) is 6.04 Å². The van der Waals surface area contributed by atoms with Crippen molar-refractivity contribution in [2.45, 2.75) is 31.7 Å². The third-order valence-corrected chi connectivity index (χ3v) is 4.48. The molecule has 0 unspecified atom stereocenters. The highest BCUT2D eigenvalue weighted by molar-refractivity contribution is 5.30. The maximum Gasteiger partial charge on any atom is 0.416 e. The summed E-state index contributed by atoms with van der Waals surface area (Å²) in [4.78, 5) is 2.15. The topological polar surface area (TPSA) is 15.3 Å². The van der Waals surface area contributed by atoms with Crippen molar-refractivity contribution in [2.75, 3.05) is 13.1 Å². The zero-order valence-corrected chi connectivity index (χ0v) is 13.4. The van der Waals surface area contributed by atoms with E-state index in [1.54, 1.807) is 12.1 Å². The standard InChI is InChI=1S/C19H21F3N2/c20-19(21,22)18-9-5-4-8-16(18)14-24(17-10-11-23-12-17)13-15-6-2-1-3-7-15/h1-9,17,23H,10-14H2/t17-/m0/s1. The SMILES string of the molecule is FC(F)(F)c1ccccc1CN(Cc1ccccc1)[C@H]1CCNC1. The monoisotopic (exact) mass is 334 g/mol. The minimum absolute atomic E-state index is 0.256. The van der Waals surface area contributed by atoms with Crippen molar-refractivity contribution in [1.29, 1.82) is 0 Å². The summed E-state index contributed by atoms with van der Waals surface area (Å²) in [5, 5.41) is 3.31. The predicted octanol–water partition coefficient (Wildman–Crippen LogP) is 4.07. The van der Waals surface area contributed by atoms with Crippen LogP contribution in [0.2, 0.25) is 0 Å². The molecule has 0 aliphatic carbocycles. The van der Waals surface area contributed by atoms with E-state index in [1.165, 1.54) is 12.1 Å². The normalized spacial score (nSPS) is 18.2. The second-order valence-corrected chi connectivity index (χ2v) is 6.19. The van der Waals surface area contributed by atoms with Crippen LogP contribution in [-0.2, 0) is 19.3 Å². The summed E-state index contributed by atoms with van der Waals surface area (Å²) in [6, 6.07) is 16.1. The highest BCUT2D eigenvalue weighted by Crippen LogP contribution is 2.33. The first kappa shape index (κ1) is 17.0. The number of hydrogen-bond acceptors (Lipinski definition) is 2. The van der Waals surface area contributed by atoms with Crippen LogP contribution in [0.1, 0.15) is 23.1 Å². The average molecular weight is 334 g/mol. The molecular formula is C19H21F3N2. The van der Waals surface area contributed by atoms with E-state index >= 15 is 0 Å². The Morgan fingerprint density at radius 1 is 0.958 bits per heavy atom. The van der Waals surface area contributed by atoms with Gasteiger partial charge in [-0.05, 0) is 30.2 Å². The van der Waals surface area contributed by atoms with Crippen LogP contribution in [-0.4, -0.2) is 24.0 Å². The van der Waals surface area contributed by atoms with Crippen LogP contribution in [0.3, 0.4) is 0 Å². The fraction of sp³-hybridized carbons (Fsp3) is 0.368. The fourth-order valence-corrected chi connectivity index (χ4v) is 3.24. The number of rotatable bonds is 5. The van der Waals surface area contributed by atoms with Crippen molar-refractivity contribution < 1.29 is 13.2 Å². The summed E-state index contributed by atoms with van der Waals surface area (Å²) < 4.78 is 39.8. The average Bonchev–Trinajstić information content (AvgIpc) is 3.09. The summed E-state index contributed by atoms with van der Waals surface area (Å²) in [5.41, 5.74) is 0.927. The van der Waals surface area contributed by atoms with Gasteiger partial charge in [-0.1, -0.05) is 48.5 Å². The highest BCUT2D eigenvalue weighted by atomic mass is 19.4. The Balaban J connectivity index is 1.84. The molecule has 1 atom stereocenters. The van der Waals surface area contributed by atoms with E-state index < -0.39 is 11.7 Å². The first-order valence-corrected chi connectivity index (χ1v) is 8.18. The van der Waals surface area contributed by atoms with Gasteiger partial charge in [0.25, 0.3) is 0 Å². The van der Waals surface area contributed by atoms with Gasteiger partial charge in [-0.25, -0.2) is 0 Å². The van der Waals surface area contributed by atoms with Gasteiger partial charge in [0.2, 0.25) is 0 Å². The van der Waals surface area contributed by atoms with Crippen LogP contribution in [0.15, 0.2) is 54.6 Å². The van der Waals surface area contributed by atoms with E-state index in [9.17, 15) is 13.2 Å². The first-order valence-electron chi connectivity index (χ1n) is 8.18. The molecule has 1 fully saturated rings. The van der Waals surface area contributed by atoms with Crippen LogP contribution in [0.25, 0.3) is 0 Å². The lowest BCUT2D eigenvalue weighted by Crippen LogP contribution is -2.36. The van der Waals surface area contributed by atoms with Crippen LogP contribution in [0.4, 0.5) is 13.2 Å². The minimum atomic E-state index is -4.32. The largest absolute Gasteiger partial charge is 0.416 e. The molecule has 1 aliphatic rings. The summed E-state index contributed by atoms with van der Waals surface area (Å²) in [5.74, 6) is 0. The van der Waals surface area contributed by atoms with Gasteiger partial charge in [-0.2, -0.15) is 13.2 Å². The fourth-order valence-electron chi connectivity index (χ4n) is 3.24. The van der Waals surface area contributed by atoms with Gasteiger partial charge in [0, 0.05) is 25.7 Å². The third-order valence-electron chi connectivity index (χ3n) is 4.48. The number of nitrogens with one attached hydrogen (secondary N) is 1. The van der Waals surface area contributed by atoms with E-state index in [0.717, 1.165) is 25.1 Å². The molecule has 24 heavy (non-hydrogen) atoms. The molecule has 0 amide bonds. The van der Waals surface area contributed by atoms with Gasteiger partial charge in [0.15, 0.2) is 0 Å². The Labute approximate surface area is 140 Å². The Kier molecular flexibility index (Phi) is 5.21. The zero-order valence-electron chi connectivity index (χ0n) is 13.4. The lowest BCUT2D eigenvalue weighted by molar-refractivity contribution is -0.138. The molecule has 3 rings (SSSR count). The van der Waals surface area contributed by atoms with E-state index in [2.05, 4.69) is 10.2 Å². The molecule has 2 nitrogen and oxygen atoms in total. The van der Waals surface area contributed by atoms with Crippen molar-refractivity contribution >= 4 is 0 Å². The summed E-state index contributed by atoms with van der Waals surface area (Å²) in [6.45, 7) is 2.69. The second kappa shape index (κ2) is 7.36. The summed E-state index contributed by atoms with van der Waals surface area (Å²) in [7, 11) is 0. The van der Waals surface area contributed by atoms with Crippen molar-refractivity contribution in [1.82, 2.24) is 10.2 Å². The van der Waals surface area contributed by atoms with Crippen LogP contribution >= 0.6 is 0 Å². The molecular weight excluding hydrogens is 313 g/mol. The van der Waals surface area contributed by atoms with Gasteiger partial charge >= 0.3 is 6.18 Å². The Morgan fingerprint density at radius 2 is 1.67 bits per heavy atom. The molecule has 1 heterocycles. The Hall–Kier alpha value is -1.85. The number of halogens is 3. The Morgan fingerprint density at radius 3 is 2.33 bits per heavy atom. The molecule has 5 heteroatoms. The minimum Gasteiger partial charge on any atom is -0.315 e. The highest BCUT2D eigenvalue weighted by Gasteiger charge is 2.34. The maximum atomic E-state index is 13.3. The van der Waals surface area contributed by atoms with Gasteiger partial charge in [-0.15, -0.1) is 0 Å². The van der Waals surface area contributed by atoms with Crippen molar-refractivity contribution in [2.24, 2.45) is 0 Å². The number of benzene rings is 2. The first-order chi connectivity index (χ1) is 11.5. The van der Waals surface area contributed by atoms with E-state index in [0.29, 0.717) is 18.7 Å². The molecule has 0 aromatic heterocycles. The number of nitrogens with zero attached hydrogens (tertiary/aromatic N) is 1. The Bertz CT molecular complexity index is 649. The van der Waals surface area contributed by atoms with Crippen LogP contribution in [0.5, 0.6) is 0 Å². The second-order valence-electron chi connectivity index (χ2n) is 6.19. The molecule has 1 N–H and O–H groups in total. The summed E-state index contributed by atoms with van der Waals surface area (Å²) in [6.07, 6.45) is -3.36. The molecule has 0 bridgehead atoms. The smallest absolute Gasteiger partial charge is 0.315 e. The van der Waals surface area contributed by atoms with E-state index in [4.69, 9.17) is 0 Å². The number of alkyl halides is 3. The molecule has 0 spiro atoms. The molecule has 2 aromatic rings. The van der Waals surface area contributed by atoms with Gasteiger partial charge in [0.05, 0.1) is 5.56 Å². The summed E-state index contributed by atoms with van der Waals surface area (Å²) >= 11 is 0. The molecule has 0 radical (unpaired) electrons. The quantitative estimate of drug-likeness (QED) is 0.887. The van der Waals surface area contributed by atoms with Gasteiger partial charge < -0.3 is 5.32 Å². The van der Waals surface area contributed by atoms with Crippen LogP contribution in [0, 0.1) is 0 Å². The molecule has 1 aliphatic heterocycles. The molecule has 1 saturated heterocycles. The predicted molar refractivity (Wildman–Crippen MR) is 88.4 cm³/mol. The maximum absolute atomic E-state index is 13.3. The lowest BCUT2D eigenvalue weighted by Gasteiger charge is -2.29. The lowest BCUT2D eigenvalue weighted by atomic mass is 10.0.